The number of carbonyl (C=O) groups is 1. The normalized spacial score (nSPS) is 15.8. The molecule has 0 bridgehead atoms. The first-order valence-corrected chi connectivity index (χ1v) is 10.1. The van der Waals surface area contributed by atoms with Gasteiger partial charge >= 0.3 is 5.97 Å². The molecule has 3 aromatic rings. The molecule has 2 aromatic carbocycles. The molecule has 148 valence electrons. The fraction of sp³-hybridized carbons (Fsp3) is 0.150. The van der Waals surface area contributed by atoms with Gasteiger partial charge in [0.25, 0.3) is 0 Å². The Labute approximate surface area is 164 Å². The Balaban J connectivity index is 1.92. The lowest BCUT2D eigenvalue weighted by molar-refractivity contribution is -0.135. The monoisotopic (exact) mass is 414 g/mol. The molecule has 1 atom stereocenters. The number of oxazole rings is 1. The van der Waals surface area contributed by atoms with Gasteiger partial charge in [0.05, 0.1) is 28.9 Å². The van der Waals surface area contributed by atoms with Gasteiger partial charge in [-0.2, -0.15) is 0 Å². The van der Waals surface area contributed by atoms with E-state index >= 15 is 0 Å². The summed E-state index contributed by atoms with van der Waals surface area (Å²) in [6.07, 6.45) is 2.32. The minimum atomic E-state index is -4.27. The lowest BCUT2D eigenvalue weighted by Gasteiger charge is -2.09. The zero-order valence-corrected chi connectivity index (χ0v) is 16.0. The number of carboxylic acids is 1. The van der Waals surface area contributed by atoms with E-state index in [0.29, 0.717) is 11.3 Å². The van der Waals surface area contributed by atoms with E-state index < -0.39 is 39.0 Å². The Morgan fingerprint density at radius 3 is 2.55 bits per heavy atom. The predicted molar refractivity (Wildman–Crippen MR) is 99.7 cm³/mol. The molecule has 0 aliphatic carbocycles. The largest absolute Gasteiger partial charge is 0.481 e. The molecule has 1 N–H and O–H groups in total. The lowest BCUT2D eigenvalue weighted by atomic mass is 10.0. The van der Waals surface area contributed by atoms with Crippen LogP contribution in [0.2, 0.25) is 0 Å². The second-order valence-corrected chi connectivity index (χ2v) is 8.45. The number of fused-ring (bicyclic) bond motifs is 1. The van der Waals surface area contributed by atoms with Crippen LogP contribution in [0, 0.1) is 5.82 Å². The Hall–Kier alpha value is -3.33. The van der Waals surface area contributed by atoms with Crippen LogP contribution >= 0.6 is 0 Å². The Morgan fingerprint density at radius 1 is 1.21 bits per heavy atom. The first kappa shape index (κ1) is 19.0. The number of sulfone groups is 1. The molecule has 9 heteroatoms. The average molecular weight is 414 g/mol. The summed E-state index contributed by atoms with van der Waals surface area (Å²) in [6.45, 7) is 1.65. The maximum Gasteiger partial charge on any atom is 0.307 e. The summed E-state index contributed by atoms with van der Waals surface area (Å²) in [5.41, 5.74) is 0.880. The minimum absolute atomic E-state index is 0.0409. The summed E-state index contributed by atoms with van der Waals surface area (Å²) in [7, 11) is -4.27. The van der Waals surface area contributed by atoms with Gasteiger partial charge in [-0.15, -0.1) is 0 Å². The summed E-state index contributed by atoms with van der Waals surface area (Å²) >= 11 is 0. The second kappa shape index (κ2) is 6.93. The molecular formula is C20H15FN2O5S. The van der Waals surface area contributed by atoms with E-state index in [0.717, 1.165) is 6.07 Å². The van der Waals surface area contributed by atoms with Crippen LogP contribution in [0.5, 0.6) is 0 Å². The van der Waals surface area contributed by atoms with Crippen molar-refractivity contribution in [2.75, 3.05) is 0 Å². The molecule has 4 rings (SSSR count). The molecule has 2 heterocycles. The Bertz CT molecular complexity index is 1330. The zero-order valence-electron chi connectivity index (χ0n) is 15.2. The molecule has 0 spiro atoms. The molecule has 0 amide bonds. The maximum atomic E-state index is 14.8. The molecule has 0 radical (unpaired) electrons. The van der Waals surface area contributed by atoms with Crippen LogP contribution in [0.15, 0.2) is 68.2 Å². The molecule has 0 saturated heterocycles. The van der Waals surface area contributed by atoms with Crippen molar-refractivity contribution in [3.8, 4) is 11.3 Å². The zero-order chi connectivity index (χ0) is 20.8. The van der Waals surface area contributed by atoms with Crippen molar-refractivity contribution >= 4 is 21.4 Å². The van der Waals surface area contributed by atoms with Crippen molar-refractivity contribution in [3.05, 3.63) is 65.4 Å². The van der Waals surface area contributed by atoms with Gasteiger partial charge in [-0.1, -0.05) is 0 Å². The van der Waals surface area contributed by atoms with Crippen LogP contribution < -0.4 is 10.6 Å². The van der Waals surface area contributed by atoms with Gasteiger partial charge in [0, 0.05) is 10.8 Å². The number of aliphatic carboxylic acids is 1. The summed E-state index contributed by atoms with van der Waals surface area (Å²) in [5, 5.41) is 9.51. The van der Waals surface area contributed by atoms with Gasteiger partial charge < -0.3 is 9.52 Å². The van der Waals surface area contributed by atoms with E-state index in [1.54, 1.807) is 6.92 Å². The van der Waals surface area contributed by atoms with Crippen LogP contribution in [0.1, 0.15) is 13.3 Å². The minimum Gasteiger partial charge on any atom is -0.481 e. The topological polar surface area (TPSA) is 110 Å². The van der Waals surface area contributed by atoms with Crippen molar-refractivity contribution in [2.24, 2.45) is 4.99 Å². The van der Waals surface area contributed by atoms with Crippen molar-refractivity contribution in [2.45, 2.75) is 29.2 Å². The number of benzene rings is 2. The van der Waals surface area contributed by atoms with E-state index in [4.69, 9.17) is 4.42 Å². The SMILES string of the molecule is CC1N=c2ccc(F)c(S(=O)(=O)c3ccc(-c4cnco4)cc3)c2=C1CC(=O)O. The maximum absolute atomic E-state index is 14.8. The van der Waals surface area contributed by atoms with Gasteiger partial charge in [0.15, 0.2) is 12.2 Å². The fourth-order valence-corrected chi connectivity index (χ4v) is 4.96. The highest BCUT2D eigenvalue weighted by Crippen LogP contribution is 2.26. The molecule has 29 heavy (non-hydrogen) atoms. The number of hydrogen-bond donors (Lipinski definition) is 1. The second-order valence-electron chi connectivity index (χ2n) is 6.56. The standard InChI is InChI=1S/C20H15FN2O5S/c1-11-14(8-18(24)25)19-16(23-11)7-6-15(21)20(19)29(26,27)13-4-2-12(3-5-13)17-9-22-10-28-17/h2-7,9-11H,8H2,1H3,(H,24,25). The summed E-state index contributed by atoms with van der Waals surface area (Å²) in [4.78, 5) is 18.7. The predicted octanol–water partition coefficient (Wildman–Crippen LogP) is 1.96. The highest BCUT2D eigenvalue weighted by Gasteiger charge is 2.29. The van der Waals surface area contributed by atoms with Crippen molar-refractivity contribution in [3.63, 3.8) is 0 Å². The van der Waals surface area contributed by atoms with E-state index in [-0.39, 0.29) is 21.0 Å². The van der Waals surface area contributed by atoms with Crippen LogP contribution in [-0.4, -0.2) is 30.5 Å². The third-order valence-corrected chi connectivity index (χ3v) is 6.57. The first-order valence-electron chi connectivity index (χ1n) is 8.64. The van der Waals surface area contributed by atoms with Gasteiger partial charge in [-0.05, 0) is 48.9 Å². The molecule has 0 fully saturated rings. The number of aromatic nitrogens is 1. The highest BCUT2D eigenvalue weighted by atomic mass is 32.2. The average Bonchev–Trinajstić information content (AvgIpc) is 3.31. The number of nitrogens with zero attached hydrogens (tertiary/aromatic N) is 2. The Morgan fingerprint density at radius 2 is 1.93 bits per heavy atom. The van der Waals surface area contributed by atoms with E-state index in [2.05, 4.69) is 9.98 Å². The molecule has 7 nitrogen and oxygen atoms in total. The molecule has 1 unspecified atom stereocenters. The van der Waals surface area contributed by atoms with Crippen LogP contribution in [0.4, 0.5) is 4.39 Å². The van der Waals surface area contributed by atoms with E-state index in [1.165, 1.54) is 42.9 Å². The van der Waals surface area contributed by atoms with Gasteiger partial charge in [0.1, 0.15) is 10.7 Å². The van der Waals surface area contributed by atoms with E-state index in [9.17, 15) is 22.7 Å². The smallest absolute Gasteiger partial charge is 0.307 e. The summed E-state index contributed by atoms with van der Waals surface area (Å²) in [5.74, 6) is -1.63. The third-order valence-electron chi connectivity index (χ3n) is 4.74. The van der Waals surface area contributed by atoms with Crippen molar-refractivity contribution in [1.82, 2.24) is 4.98 Å². The summed E-state index contributed by atoms with van der Waals surface area (Å²) < 4.78 is 46.5. The van der Waals surface area contributed by atoms with Crippen molar-refractivity contribution < 1.29 is 27.1 Å². The Kier molecular flexibility index (Phi) is 4.54. The van der Waals surface area contributed by atoms with Crippen LogP contribution in [0.25, 0.3) is 16.9 Å². The quantitative estimate of drug-likeness (QED) is 0.684. The number of rotatable bonds is 5. The molecule has 1 aliphatic heterocycles. The number of hydrogen-bond acceptors (Lipinski definition) is 6. The van der Waals surface area contributed by atoms with Gasteiger partial charge in [0.2, 0.25) is 9.84 Å². The van der Waals surface area contributed by atoms with Crippen molar-refractivity contribution in [1.29, 1.82) is 0 Å². The molecular weight excluding hydrogens is 399 g/mol. The number of halogens is 1. The molecule has 1 aliphatic rings. The van der Waals surface area contributed by atoms with Gasteiger partial charge in [-0.25, -0.2) is 17.8 Å². The lowest BCUT2D eigenvalue weighted by Crippen LogP contribution is -2.32. The third kappa shape index (κ3) is 3.23. The molecule has 0 saturated carbocycles. The fourth-order valence-electron chi connectivity index (χ4n) is 3.40. The van der Waals surface area contributed by atoms with Crippen LogP contribution in [0.3, 0.4) is 0 Å². The molecule has 1 aromatic heterocycles. The number of carboxylic acid groups (broad SMARTS) is 1. The first-order chi connectivity index (χ1) is 13.8. The summed E-state index contributed by atoms with van der Waals surface area (Å²) in [6, 6.07) is 7.60. The van der Waals surface area contributed by atoms with E-state index in [1.807, 2.05) is 0 Å². The van der Waals surface area contributed by atoms with Gasteiger partial charge in [-0.3, -0.25) is 9.79 Å². The van der Waals surface area contributed by atoms with Crippen LogP contribution in [-0.2, 0) is 14.6 Å². The highest BCUT2D eigenvalue weighted by molar-refractivity contribution is 7.91.